The summed E-state index contributed by atoms with van der Waals surface area (Å²) < 4.78 is 11.2. The van der Waals surface area contributed by atoms with Crippen molar-refractivity contribution >= 4 is 0 Å². The molecular weight excluding hydrogens is 216 g/mol. The van der Waals surface area contributed by atoms with Crippen LogP contribution >= 0.6 is 0 Å². The second-order valence-electron chi connectivity index (χ2n) is 5.36. The number of rotatable bonds is 5. The van der Waals surface area contributed by atoms with Crippen LogP contribution in [0.3, 0.4) is 0 Å². The molecule has 0 amide bonds. The summed E-state index contributed by atoms with van der Waals surface area (Å²) in [6, 6.07) is 0. The van der Waals surface area contributed by atoms with Gasteiger partial charge in [0.1, 0.15) is 0 Å². The summed E-state index contributed by atoms with van der Waals surface area (Å²) in [5.74, 6) is 0. The van der Waals surface area contributed by atoms with Crippen LogP contribution in [0.5, 0.6) is 0 Å². The largest absolute Gasteiger partial charge is 0.381 e. The number of nitrogens with two attached hydrogens (primary N) is 1. The molecule has 4 nitrogen and oxygen atoms in total. The average molecular weight is 242 g/mol. The van der Waals surface area contributed by atoms with E-state index in [1.165, 1.54) is 12.8 Å². The number of ether oxygens (including phenoxy) is 2. The summed E-state index contributed by atoms with van der Waals surface area (Å²) in [4.78, 5) is 2.55. The van der Waals surface area contributed by atoms with Crippen molar-refractivity contribution in [3.05, 3.63) is 0 Å². The van der Waals surface area contributed by atoms with E-state index in [0.29, 0.717) is 12.2 Å². The van der Waals surface area contributed by atoms with E-state index in [1.807, 2.05) is 0 Å². The zero-order chi connectivity index (χ0) is 12.3. The standard InChI is InChI=1S/C13H26N2O2/c1-3-17-11-5-4-6-15(9-11)13(10-14)7-12(8-13)16-2/h11-12H,3-10,14H2,1-2H3. The van der Waals surface area contributed by atoms with Crippen molar-refractivity contribution in [1.82, 2.24) is 4.90 Å². The highest BCUT2D eigenvalue weighted by molar-refractivity contribution is 5.05. The predicted octanol–water partition coefficient (Wildman–Crippen LogP) is 0.994. The van der Waals surface area contributed by atoms with Gasteiger partial charge < -0.3 is 15.2 Å². The molecule has 100 valence electrons. The molecule has 1 unspecified atom stereocenters. The molecule has 17 heavy (non-hydrogen) atoms. The van der Waals surface area contributed by atoms with E-state index < -0.39 is 0 Å². The molecule has 4 heteroatoms. The van der Waals surface area contributed by atoms with Crippen LogP contribution < -0.4 is 5.73 Å². The summed E-state index contributed by atoms with van der Waals surface area (Å²) in [7, 11) is 1.80. The van der Waals surface area contributed by atoms with E-state index >= 15 is 0 Å². The van der Waals surface area contributed by atoms with Gasteiger partial charge in [0.15, 0.2) is 0 Å². The van der Waals surface area contributed by atoms with Gasteiger partial charge >= 0.3 is 0 Å². The van der Waals surface area contributed by atoms with Crippen LogP contribution in [0.15, 0.2) is 0 Å². The number of likely N-dealkylation sites (tertiary alicyclic amines) is 1. The van der Waals surface area contributed by atoms with Crippen LogP contribution in [0.1, 0.15) is 32.6 Å². The van der Waals surface area contributed by atoms with Crippen molar-refractivity contribution in [1.29, 1.82) is 0 Å². The molecule has 0 aromatic heterocycles. The first-order valence-corrected chi connectivity index (χ1v) is 6.83. The summed E-state index contributed by atoms with van der Waals surface area (Å²) in [6.07, 6.45) is 5.39. The summed E-state index contributed by atoms with van der Waals surface area (Å²) in [5.41, 5.74) is 6.19. The van der Waals surface area contributed by atoms with E-state index in [-0.39, 0.29) is 5.54 Å². The Balaban J connectivity index is 1.91. The van der Waals surface area contributed by atoms with E-state index in [2.05, 4.69) is 11.8 Å². The minimum absolute atomic E-state index is 0.191. The highest BCUT2D eigenvalue weighted by Gasteiger charge is 2.48. The first-order valence-electron chi connectivity index (χ1n) is 6.83. The number of hydrogen-bond acceptors (Lipinski definition) is 4. The molecule has 1 aliphatic carbocycles. The van der Waals surface area contributed by atoms with Crippen LogP contribution in [0.25, 0.3) is 0 Å². The highest BCUT2D eigenvalue weighted by Crippen LogP contribution is 2.40. The van der Waals surface area contributed by atoms with Gasteiger partial charge in [-0.15, -0.1) is 0 Å². The van der Waals surface area contributed by atoms with E-state index in [4.69, 9.17) is 15.2 Å². The lowest BCUT2D eigenvalue weighted by Gasteiger charge is -2.55. The molecule has 1 heterocycles. The van der Waals surface area contributed by atoms with Gasteiger partial charge in [0.05, 0.1) is 12.2 Å². The van der Waals surface area contributed by atoms with Crippen LogP contribution in [0, 0.1) is 0 Å². The third-order valence-corrected chi connectivity index (χ3v) is 4.38. The molecule has 0 aromatic carbocycles. The molecule has 1 aliphatic heterocycles. The Morgan fingerprint density at radius 3 is 2.71 bits per heavy atom. The quantitative estimate of drug-likeness (QED) is 0.781. The van der Waals surface area contributed by atoms with E-state index in [1.54, 1.807) is 7.11 Å². The predicted molar refractivity (Wildman–Crippen MR) is 68.0 cm³/mol. The number of piperidine rings is 1. The molecule has 0 aromatic rings. The fourth-order valence-corrected chi connectivity index (χ4v) is 3.25. The summed E-state index contributed by atoms with van der Waals surface area (Å²) in [6.45, 7) is 5.83. The van der Waals surface area contributed by atoms with Gasteiger partial charge in [-0.3, -0.25) is 4.90 Å². The third kappa shape index (κ3) is 2.65. The van der Waals surface area contributed by atoms with Gasteiger partial charge in [0.2, 0.25) is 0 Å². The molecular formula is C13H26N2O2. The van der Waals surface area contributed by atoms with E-state index in [9.17, 15) is 0 Å². The van der Waals surface area contributed by atoms with Crippen LogP contribution in [0.2, 0.25) is 0 Å². The second-order valence-corrected chi connectivity index (χ2v) is 5.36. The maximum Gasteiger partial charge on any atom is 0.0702 e. The Morgan fingerprint density at radius 1 is 1.35 bits per heavy atom. The van der Waals surface area contributed by atoms with Crippen LogP contribution in [0.4, 0.5) is 0 Å². The minimum Gasteiger partial charge on any atom is -0.381 e. The van der Waals surface area contributed by atoms with Crippen molar-refractivity contribution in [2.24, 2.45) is 5.73 Å². The first-order chi connectivity index (χ1) is 8.24. The maximum atomic E-state index is 6.00. The van der Waals surface area contributed by atoms with Gasteiger partial charge in [-0.05, 0) is 39.2 Å². The topological polar surface area (TPSA) is 47.7 Å². The van der Waals surface area contributed by atoms with Gasteiger partial charge in [0, 0.05) is 32.3 Å². The van der Waals surface area contributed by atoms with Gasteiger partial charge in [-0.1, -0.05) is 0 Å². The van der Waals surface area contributed by atoms with Crippen molar-refractivity contribution < 1.29 is 9.47 Å². The normalized spacial score (nSPS) is 39.0. The lowest BCUT2D eigenvalue weighted by Crippen LogP contribution is -2.66. The number of methoxy groups -OCH3 is 1. The fourth-order valence-electron chi connectivity index (χ4n) is 3.25. The molecule has 0 bridgehead atoms. The lowest BCUT2D eigenvalue weighted by atomic mass is 9.72. The SMILES string of the molecule is CCOC1CCCN(C2(CN)CC(OC)C2)C1. The van der Waals surface area contributed by atoms with Gasteiger partial charge in [-0.2, -0.15) is 0 Å². The smallest absolute Gasteiger partial charge is 0.0702 e. The zero-order valence-electron chi connectivity index (χ0n) is 11.2. The van der Waals surface area contributed by atoms with Gasteiger partial charge in [-0.25, -0.2) is 0 Å². The molecule has 1 saturated carbocycles. The molecule has 2 aliphatic rings. The van der Waals surface area contributed by atoms with E-state index in [0.717, 1.165) is 39.1 Å². The molecule has 0 spiro atoms. The number of hydrogen-bond donors (Lipinski definition) is 1. The number of nitrogens with zero attached hydrogens (tertiary/aromatic N) is 1. The zero-order valence-corrected chi connectivity index (χ0v) is 11.2. The molecule has 2 rings (SSSR count). The van der Waals surface area contributed by atoms with Crippen molar-refractivity contribution in [3.63, 3.8) is 0 Å². The Bertz CT molecular complexity index is 240. The van der Waals surface area contributed by atoms with Crippen molar-refractivity contribution in [2.75, 3.05) is 33.4 Å². The molecule has 1 saturated heterocycles. The van der Waals surface area contributed by atoms with Crippen molar-refractivity contribution in [3.8, 4) is 0 Å². The molecule has 0 radical (unpaired) electrons. The Labute approximate surface area is 104 Å². The van der Waals surface area contributed by atoms with Crippen molar-refractivity contribution in [2.45, 2.75) is 50.4 Å². The van der Waals surface area contributed by atoms with Crippen LogP contribution in [-0.4, -0.2) is 56.0 Å². The third-order valence-electron chi connectivity index (χ3n) is 4.38. The maximum absolute atomic E-state index is 6.00. The Morgan fingerprint density at radius 2 is 2.12 bits per heavy atom. The average Bonchev–Trinajstić information content (AvgIpc) is 2.30. The minimum atomic E-state index is 0.191. The Hall–Kier alpha value is -0.160. The second kappa shape index (κ2) is 5.65. The molecule has 1 atom stereocenters. The highest BCUT2D eigenvalue weighted by atomic mass is 16.5. The van der Waals surface area contributed by atoms with Gasteiger partial charge in [0.25, 0.3) is 0 Å². The summed E-state index contributed by atoms with van der Waals surface area (Å²) >= 11 is 0. The fraction of sp³-hybridized carbons (Fsp3) is 1.00. The molecule has 2 N–H and O–H groups in total. The monoisotopic (exact) mass is 242 g/mol. The Kier molecular flexibility index (Phi) is 4.42. The first kappa shape index (κ1) is 13.3. The van der Waals surface area contributed by atoms with Crippen LogP contribution in [-0.2, 0) is 9.47 Å². The lowest BCUT2D eigenvalue weighted by molar-refractivity contribution is -0.114. The molecule has 2 fully saturated rings. The summed E-state index contributed by atoms with van der Waals surface area (Å²) in [5, 5.41) is 0.